The molecule has 0 aliphatic carbocycles. The molecule has 33 heavy (non-hydrogen) atoms. The summed E-state index contributed by atoms with van der Waals surface area (Å²) in [4.78, 5) is 25.9. The van der Waals surface area contributed by atoms with Gasteiger partial charge in [0.05, 0.1) is 11.9 Å². The number of carbonyl (C=O) groups is 1. The molecule has 0 bridgehead atoms. The number of hydrogen-bond acceptors (Lipinski definition) is 5. The standard InChI is InChI=1S/C26H33N5O2/c1-19-20(2)31(16-21-8-4-3-5-9-21)25-24(19)26(28-18-27-25)33-22-10-14-29(15-11-22)17-23(32)30-12-6-7-13-30/h3-5,8-9,18,22H,6-7,10-17H2,1-2H3. The summed E-state index contributed by atoms with van der Waals surface area (Å²) < 4.78 is 8.69. The molecule has 0 atom stereocenters. The zero-order valence-electron chi connectivity index (χ0n) is 19.7. The number of aromatic nitrogens is 3. The molecule has 0 unspecified atom stereocenters. The van der Waals surface area contributed by atoms with Crippen molar-refractivity contribution in [1.82, 2.24) is 24.3 Å². The Kier molecular flexibility index (Phi) is 6.31. The van der Waals surface area contributed by atoms with Crippen LogP contribution in [0.5, 0.6) is 5.88 Å². The van der Waals surface area contributed by atoms with Crippen LogP contribution in [0, 0.1) is 13.8 Å². The van der Waals surface area contributed by atoms with Crippen molar-refractivity contribution in [3.8, 4) is 5.88 Å². The van der Waals surface area contributed by atoms with E-state index in [1.54, 1.807) is 6.33 Å². The maximum Gasteiger partial charge on any atom is 0.236 e. The van der Waals surface area contributed by atoms with Crippen molar-refractivity contribution in [1.29, 1.82) is 0 Å². The molecule has 2 aliphatic heterocycles. The van der Waals surface area contributed by atoms with Gasteiger partial charge >= 0.3 is 0 Å². The summed E-state index contributed by atoms with van der Waals surface area (Å²) in [5.74, 6) is 0.953. The van der Waals surface area contributed by atoms with Crippen LogP contribution in [0.3, 0.4) is 0 Å². The molecule has 2 fully saturated rings. The van der Waals surface area contributed by atoms with E-state index in [0.29, 0.717) is 12.4 Å². The summed E-state index contributed by atoms with van der Waals surface area (Å²) in [6, 6.07) is 10.5. The molecule has 1 amide bonds. The highest BCUT2D eigenvalue weighted by atomic mass is 16.5. The van der Waals surface area contributed by atoms with E-state index in [-0.39, 0.29) is 12.0 Å². The van der Waals surface area contributed by atoms with Crippen molar-refractivity contribution in [3.05, 3.63) is 53.5 Å². The first-order valence-electron chi connectivity index (χ1n) is 12.1. The molecule has 2 saturated heterocycles. The van der Waals surface area contributed by atoms with Crippen LogP contribution in [0.25, 0.3) is 11.0 Å². The van der Waals surface area contributed by atoms with Crippen LogP contribution in [-0.4, -0.2) is 69.1 Å². The van der Waals surface area contributed by atoms with Crippen LogP contribution in [0.2, 0.25) is 0 Å². The van der Waals surface area contributed by atoms with Crippen LogP contribution in [0.15, 0.2) is 36.7 Å². The highest BCUT2D eigenvalue weighted by Crippen LogP contribution is 2.32. The molecule has 2 aliphatic rings. The Bertz CT molecular complexity index is 1110. The van der Waals surface area contributed by atoms with Gasteiger partial charge < -0.3 is 14.2 Å². The van der Waals surface area contributed by atoms with E-state index in [1.165, 1.54) is 16.8 Å². The molecular weight excluding hydrogens is 414 g/mol. The summed E-state index contributed by atoms with van der Waals surface area (Å²) in [7, 11) is 0. The quantitative estimate of drug-likeness (QED) is 0.578. The van der Waals surface area contributed by atoms with Gasteiger partial charge in [-0.2, -0.15) is 0 Å². The Balaban J connectivity index is 1.27. The zero-order chi connectivity index (χ0) is 22.8. The molecule has 0 N–H and O–H groups in total. The molecule has 174 valence electrons. The van der Waals surface area contributed by atoms with Gasteiger partial charge in [-0.1, -0.05) is 30.3 Å². The number of nitrogens with zero attached hydrogens (tertiary/aromatic N) is 5. The number of amides is 1. The fourth-order valence-corrected chi connectivity index (χ4v) is 5.09. The normalized spacial score (nSPS) is 17.7. The Hall–Kier alpha value is -2.93. The van der Waals surface area contributed by atoms with Gasteiger partial charge in [0.15, 0.2) is 0 Å². The van der Waals surface area contributed by atoms with Crippen molar-refractivity contribution < 1.29 is 9.53 Å². The fourth-order valence-electron chi connectivity index (χ4n) is 5.09. The third-order valence-corrected chi connectivity index (χ3v) is 7.18. The van der Waals surface area contributed by atoms with E-state index < -0.39 is 0 Å². The van der Waals surface area contributed by atoms with Crippen molar-refractivity contribution in [3.63, 3.8) is 0 Å². The number of benzene rings is 1. The van der Waals surface area contributed by atoms with Crippen molar-refractivity contribution in [2.24, 2.45) is 0 Å². The molecule has 7 nitrogen and oxygen atoms in total. The lowest BCUT2D eigenvalue weighted by molar-refractivity contribution is -0.131. The second-order valence-corrected chi connectivity index (χ2v) is 9.34. The minimum absolute atomic E-state index is 0.110. The first-order chi connectivity index (χ1) is 16.1. The Morgan fingerprint density at radius 3 is 2.48 bits per heavy atom. The fraction of sp³-hybridized carbons (Fsp3) is 0.500. The van der Waals surface area contributed by atoms with Gasteiger partial charge in [-0.15, -0.1) is 0 Å². The number of carbonyl (C=O) groups excluding carboxylic acids is 1. The van der Waals surface area contributed by atoms with Crippen molar-refractivity contribution in [2.45, 2.75) is 52.2 Å². The van der Waals surface area contributed by atoms with Crippen LogP contribution in [0.4, 0.5) is 0 Å². The Morgan fingerprint density at radius 1 is 1.03 bits per heavy atom. The minimum atomic E-state index is 0.110. The molecule has 3 aromatic rings. The van der Waals surface area contributed by atoms with Gasteiger partial charge in [0.1, 0.15) is 18.1 Å². The SMILES string of the molecule is Cc1c(C)n(Cc2ccccc2)c2ncnc(OC3CCN(CC(=O)N4CCCC4)CC3)c12. The predicted octanol–water partition coefficient (Wildman–Crippen LogP) is 3.56. The zero-order valence-corrected chi connectivity index (χ0v) is 19.7. The smallest absolute Gasteiger partial charge is 0.236 e. The van der Waals surface area contributed by atoms with Gasteiger partial charge in [0.25, 0.3) is 0 Å². The molecule has 1 aromatic carbocycles. The number of aryl methyl sites for hydroxylation is 1. The number of rotatable bonds is 6. The average Bonchev–Trinajstić information content (AvgIpc) is 3.46. The summed E-state index contributed by atoms with van der Waals surface area (Å²) >= 11 is 0. The van der Waals surface area contributed by atoms with Gasteiger partial charge in [-0.05, 0) is 50.7 Å². The van der Waals surface area contributed by atoms with Crippen LogP contribution in [-0.2, 0) is 11.3 Å². The van der Waals surface area contributed by atoms with Gasteiger partial charge in [-0.3, -0.25) is 9.69 Å². The topological polar surface area (TPSA) is 63.5 Å². The monoisotopic (exact) mass is 447 g/mol. The first-order valence-corrected chi connectivity index (χ1v) is 12.1. The highest BCUT2D eigenvalue weighted by Gasteiger charge is 2.26. The molecule has 7 heteroatoms. The van der Waals surface area contributed by atoms with E-state index in [0.717, 1.165) is 69.4 Å². The lowest BCUT2D eigenvalue weighted by Crippen LogP contribution is -2.44. The molecule has 4 heterocycles. The van der Waals surface area contributed by atoms with Crippen LogP contribution >= 0.6 is 0 Å². The van der Waals surface area contributed by atoms with Crippen molar-refractivity contribution in [2.75, 3.05) is 32.7 Å². The largest absolute Gasteiger partial charge is 0.474 e. The third kappa shape index (κ3) is 4.60. The van der Waals surface area contributed by atoms with Gasteiger partial charge in [0, 0.05) is 38.4 Å². The lowest BCUT2D eigenvalue weighted by Gasteiger charge is -2.32. The lowest BCUT2D eigenvalue weighted by atomic mass is 10.1. The summed E-state index contributed by atoms with van der Waals surface area (Å²) in [5, 5.41) is 1.01. The van der Waals surface area contributed by atoms with Crippen LogP contribution < -0.4 is 4.74 Å². The second-order valence-electron chi connectivity index (χ2n) is 9.34. The number of fused-ring (bicyclic) bond motifs is 1. The minimum Gasteiger partial charge on any atom is -0.474 e. The number of piperidine rings is 1. The van der Waals surface area contributed by atoms with E-state index in [4.69, 9.17) is 4.74 Å². The van der Waals surface area contributed by atoms with Gasteiger partial charge in [-0.25, -0.2) is 9.97 Å². The molecule has 0 spiro atoms. The highest BCUT2D eigenvalue weighted by molar-refractivity contribution is 5.86. The first kappa shape index (κ1) is 21.9. The van der Waals surface area contributed by atoms with Crippen LogP contribution in [0.1, 0.15) is 42.5 Å². The second kappa shape index (κ2) is 9.51. The molecule has 0 saturated carbocycles. The van der Waals surface area contributed by atoms with E-state index in [2.05, 4.69) is 57.5 Å². The predicted molar refractivity (Wildman–Crippen MR) is 128 cm³/mol. The number of likely N-dealkylation sites (tertiary alicyclic amines) is 2. The summed E-state index contributed by atoms with van der Waals surface area (Å²) in [5.41, 5.74) is 4.53. The summed E-state index contributed by atoms with van der Waals surface area (Å²) in [6.45, 7) is 9.18. The summed E-state index contributed by atoms with van der Waals surface area (Å²) in [6.07, 6.45) is 5.81. The molecule has 0 radical (unpaired) electrons. The molecule has 2 aromatic heterocycles. The maximum atomic E-state index is 12.5. The van der Waals surface area contributed by atoms with E-state index in [9.17, 15) is 4.79 Å². The average molecular weight is 448 g/mol. The van der Waals surface area contributed by atoms with Crippen molar-refractivity contribution >= 4 is 16.9 Å². The molecule has 5 rings (SSSR count). The van der Waals surface area contributed by atoms with E-state index >= 15 is 0 Å². The molecular formula is C26H33N5O2. The van der Waals surface area contributed by atoms with E-state index in [1.807, 2.05) is 11.0 Å². The number of hydrogen-bond donors (Lipinski definition) is 0. The third-order valence-electron chi connectivity index (χ3n) is 7.18. The van der Waals surface area contributed by atoms with Gasteiger partial charge in [0.2, 0.25) is 11.8 Å². The maximum absolute atomic E-state index is 12.5. The Labute approximate surface area is 195 Å². The number of ether oxygens (including phenoxy) is 1. The Morgan fingerprint density at radius 2 is 1.76 bits per heavy atom.